The number of nitrogens with one attached hydrogen (secondary N) is 1. The first-order valence-corrected chi connectivity index (χ1v) is 8.66. The average Bonchev–Trinajstić information content (AvgIpc) is 3.19. The second kappa shape index (κ2) is 5.04. The fourth-order valence-electron chi connectivity index (χ4n) is 3.78. The van der Waals surface area contributed by atoms with E-state index in [-0.39, 0.29) is 0 Å². The Labute approximate surface area is 123 Å². The first-order valence-electron chi connectivity index (χ1n) is 7.78. The Morgan fingerprint density at radius 1 is 1.45 bits per heavy atom. The van der Waals surface area contributed by atoms with E-state index in [4.69, 9.17) is 4.98 Å². The summed E-state index contributed by atoms with van der Waals surface area (Å²) in [5.41, 5.74) is 1.35. The number of thiazole rings is 1. The SMILES string of the molecule is CCCNCc1c(N2CC3CCC2C3)nc2sccn12. The van der Waals surface area contributed by atoms with Gasteiger partial charge in [0.25, 0.3) is 0 Å². The van der Waals surface area contributed by atoms with Crippen molar-refractivity contribution < 1.29 is 0 Å². The van der Waals surface area contributed by atoms with Crippen molar-refractivity contribution in [1.29, 1.82) is 0 Å². The molecule has 1 saturated heterocycles. The molecule has 2 fully saturated rings. The van der Waals surface area contributed by atoms with Crippen LogP contribution in [0.4, 0.5) is 5.82 Å². The predicted octanol–water partition coefficient (Wildman–Crippen LogP) is 2.88. The largest absolute Gasteiger partial charge is 0.352 e. The van der Waals surface area contributed by atoms with Crippen molar-refractivity contribution in [2.24, 2.45) is 5.92 Å². The summed E-state index contributed by atoms with van der Waals surface area (Å²) < 4.78 is 2.27. The quantitative estimate of drug-likeness (QED) is 0.860. The topological polar surface area (TPSA) is 32.6 Å². The maximum absolute atomic E-state index is 4.92. The van der Waals surface area contributed by atoms with Gasteiger partial charge in [-0.15, -0.1) is 11.3 Å². The van der Waals surface area contributed by atoms with Gasteiger partial charge in [0.2, 0.25) is 0 Å². The van der Waals surface area contributed by atoms with Crippen LogP contribution in [-0.2, 0) is 6.54 Å². The van der Waals surface area contributed by atoms with Crippen LogP contribution < -0.4 is 10.2 Å². The molecule has 2 atom stereocenters. The van der Waals surface area contributed by atoms with E-state index in [1.165, 1.54) is 43.7 Å². The van der Waals surface area contributed by atoms with E-state index in [0.29, 0.717) is 0 Å². The van der Waals surface area contributed by atoms with Gasteiger partial charge < -0.3 is 10.2 Å². The molecule has 1 saturated carbocycles. The van der Waals surface area contributed by atoms with Crippen LogP contribution in [0.5, 0.6) is 0 Å². The minimum atomic E-state index is 0.745. The first-order chi connectivity index (χ1) is 9.86. The number of hydrogen-bond acceptors (Lipinski definition) is 4. The lowest BCUT2D eigenvalue weighted by atomic mass is 10.1. The molecule has 2 aromatic rings. The van der Waals surface area contributed by atoms with Crippen LogP contribution in [0, 0.1) is 5.92 Å². The highest BCUT2D eigenvalue weighted by molar-refractivity contribution is 7.15. The number of nitrogens with zero attached hydrogens (tertiary/aromatic N) is 3. The minimum Gasteiger partial charge on any atom is -0.352 e. The van der Waals surface area contributed by atoms with E-state index in [9.17, 15) is 0 Å². The zero-order valence-corrected chi connectivity index (χ0v) is 12.8. The summed E-state index contributed by atoms with van der Waals surface area (Å²) in [5, 5.41) is 5.67. The first kappa shape index (κ1) is 12.7. The smallest absolute Gasteiger partial charge is 0.195 e. The van der Waals surface area contributed by atoms with E-state index < -0.39 is 0 Å². The zero-order chi connectivity index (χ0) is 13.5. The molecule has 0 aromatic carbocycles. The number of aromatic nitrogens is 2. The van der Waals surface area contributed by atoms with E-state index in [0.717, 1.165) is 30.0 Å². The number of piperidine rings is 1. The molecule has 5 heteroatoms. The monoisotopic (exact) mass is 290 g/mol. The van der Waals surface area contributed by atoms with Gasteiger partial charge in [0.1, 0.15) is 0 Å². The highest BCUT2D eigenvalue weighted by Crippen LogP contribution is 2.41. The fraction of sp³-hybridized carbons (Fsp3) is 0.667. The highest BCUT2D eigenvalue weighted by Gasteiger charge is 2.39. The molecule has 1 aliphatic heterocycles. The fourth-order valence-corrected chi connectivity index (χ4v) is 4.51. The highest BCUT2D eigenvalue weighted by atomic mass is 32.1. The third kappa shape index (κ3) is 1.95. The van der Waals surface area contributed by atoms with Gasteiger partial charge in [-0.1, -0.05) is 6.92 Å². The number of imidazole rings is 1. The second-order valence-electron chi connectivity index (χ2n) is 6.10. The average molecular weight is 290 g/mol. The van der Waals surface area contributed by atoms with Gasteiger partial charge in [0.15, 0.2) is 10.8 Å². The molecule has 0 amide bonds. The Kier molecular flexibility index (Phi) is 3.19. The second-order valence-corrected chi connectivity index (χ2v) is 6.97. The standard InChI is InChI=1S/C15H22N4S/c1-2-5-16-9-13-14(17-15-18(13)6-7-20-15)19-10-11-3-4-12(19)8-11/h6-7,11-12,16H,2-5,8-10H2,1H3. The van der Waals surface area contributed by atoms with E-state index in [1.807, 2.05) is 0 Å². The molecule has 0 spiro atoms. The van der Waals surface area contributed by atoms with Crippen LogP contribution in [0.15, 0.2) is 11.6 Å². The van der Waals surface area contributed by atoms with Crippen molar-refractivity contribution in [3.63, 3.8) is 0 Å². The lowest BCUT2D eigenvalue weighted by Gasteiger charge is -2.28. The molecule has 4 rings (SSSR count). The van der Waals surface area contributed by atoms with Crippen molar-refractivity contribution in [3.05, 3.63) is 17.3 Å². The summed E-state index contributed by atoms with van der Waals surface area (Å²) in [6, 6.07) is 0.745. The molecular weight excluding hydrogens is 268 g/mol. The maximum Gasteiger partial charge on any atom is 0.195 e. The summed E-state index contributed by atoms with van der Waals surface area (Å²) in [5.74, 6) is 2.16. The van der Waals surface area contributed by atoms with Crippen molar-refractivity contribution in [2.45, 2.75) is 45.2 Å². The summed E-state index contributed by atoms with van der Waals surface area (Å²) in [4.78, 5) is 8.64. The number of hydrogen-bond donors (Lipinski definition) is 1. The van der Waals surface area contributed by atoms with Crippen molar-refractivity contribution >= 4 is 22.1 Å². The Hall–Kier alpha value is -1.07. The molecule has 108 valence electrons. The van der Waals surface area contributed by atoms with Gasteiger partial charge in [-0.3, -0.25) is 4.40 Å². The molecule has 3 heterocycles. The van der Waals surface area contributed by atoms with Gasteiger partial charge in [-0.25, -0.2) is 4.98 Å². The normalized spacial score (nSPS) is 25.1. The summed E-state index contributed by atoms with van der Waals surface area (Å²) in [6.07, 6.45) is 7.50. The third-order valence-electron chi connectivity index (χ3n) is 4.74. The molecule has 2 aliphatic rings. The van der Waals surface area contributed by atoms with Crippen molar-refractivity contribution in [3.8, 4) is 0 Å². The summed E-state index contributed by atoms with van der Waals surface area (Å²) in [6.45, 7) is 5.43. The molecule has 20 heavy (non-hydrogen) atoms. The lowest BCUT2D eigenvalue weighted by molar-refractivity contribution is 0.548. The van der Waals surface area contributed by atoms with Gasteiger partial charge >= 0.3 is 0 Å². The van der Waals surface area contributed by atoms with Crippen molar-refractivity contribution in [2.75, 3.05) is 18.0 Å². The molecule has 2 aromatic heterocycles. The van der Waals surface area contributed by atoms with Crippen LogP contribution >= 0.6 is 11.3 Å². The number of rotatable bonds is 5. The van der Waals surface area contributed by atoms with Crippen molar-refractivity contribution in [1.82, 2.24) is 14.7 Å². The van der Waals surface area contributed by atoms with Gasteiger partial charge in [-0.05, 0) is 38.1 Å². The van der Waals surface area contributed by atoms with Gasteiger partial charge in [0.05, 0.1) is 5.69 Å². The van der Waals surface area contributed by atoms with Crippen LogP contribution in [0.25, 0.3) is 4.96 Å². The Morgan fingerprint density at radius 2 is 2.40 bits per heavy atom. The molecule has 4 nitrogen and oxygen atoms in total. The molecule has 2 unspecified atom stereocenters. The van der Waals surface area contributed by atoms with Gasteiger partial charge in [-0.2, -0.15) is 0 Å². The summed E-state index contributed by atoms with van der Waals surface area (Å²) >= 11 is 1.74. The van der Waals surface area contributed by atoms with Gasteiger partial charge in [0, 0.05) is 30.7 Å². The minimum absolute atomic E-state index is 0.745. The molecule has 1 N–H and O–H groups in total. The van der Waals surface area contributed by atoms with Crippen LogP contribution in [-0.4, -0.2) is 28.5 Å². The lowest BCUT2D eigenvalue weighted by Crippen LogP contribution is -2.33. The Bertz CT molecular complexity index is 602. The van der Waals surface area contributed by atoms with Crippen LogP contribution in [0.3, 0.4) is 0 Å². The number of fused-ring (bicyclic) bond motifs is 3. The summed E-state index contributed by atoms with van der Waals surface area (Å²) in [7, 11) is 0. The molecule has 2 bridgehead atoms. The Morgan fingerprint density at radius 3 is 3.15 bits per heavy atom. The van der Waals surface area contributed by atoms with E-state index in [2.05, 4.69) is 33.1 Å². The maximum atomic E-state index is 4.92. The molecule has 1 aliphatic carbocycles. The predicted molar refractivity (Wildman–Crippen MR) is 83.5 cm³/mol. The van der Waals surface area contributed by atoms with Crippen LogP contribution in [0.2, 0.25) is 0 Å². The third-order valence-corrected chi connectivity index (χ3v) is 5.50. The molecular formula is C15H22N4S. The Balaban J connectivity index is 1.67. The molecule has 0 radical (unpaired) electrons. The van der Waals surface area contributed by atoms with E-state index in [1.54, 1.807) is 11.3 Å². The number of anilines is 1. The van der Waals surface area contributed by atoms with Crippen LogP contribution in [0.1, 0.15) is 38.3 Å². The van der Waals surface area contributed by atoms with E-state index >= 15 is 0 Å². The zero-order valence-electron chi connectivity index (χ0n) is 12.0.